The molecule has 98 valence electrons. The molecule has 0 amide bonds. The summed E-state index contributed by atoms with van der Waals surface area (Å²) < 4.78 is 5.49. The highest BCUT2D eigenvalue weighted by atomic mass is 16.5. The smallest absolute Gasteiger partial charge is 0.0871 e. The molecule has 1 nitrogen and oxygen atoms in total. The van der Waals surface area contributed by atoms with Crippen LogP contribution in [0.4, 0.5) is 0 Å². The average molecular weight is 236 g/mol. The zero-order valence-electron chi connectivity index (χ0n) is 12.7. The van der Waals surface area contributed by atoms with E-state index in [2.05, 4.69) is 58.9 Å². The molecule has 0 aromatic heterocycles. The lowest BCUT2D eigenvalue weighted by molar-refractivity contribution is 0.0191. The van der Waals surface area contributed by atoms with Crippen LogP contribution in [0.25, 0.3) is 0 Å². The topological polar surface area (TPSA) is 9.23 Å². The zero-order chi connectivity index (χ0) is 13.7. The highest BCUT2D eigenvalue weighted by molar-refractivity contribution is 5.31. The van der Waals surface area contributed by atoms with Crippen molar-refractivity contribution in [3.8, 4) is 0 Å². The first-order valence-corrected chi connectivity index (χ1v) is 6.43. The van der Waals surface area contributed by atoms with Gasteiger partial charge < -0.3 is 4.74 Å². The highest BCUT2D eigenvalue weighted by Crippen LogP contribution is 2.29. The fourth-order valence-electron chi connectivity index (χ4n) is 1.48. The van der Waals surface area contributed by atoms with Crippen molar-refractivity contribution < 1.29 is 4.74 Å². The predicted molar refractivity (Wildman–Crippen MR) is 76.5 cm³/mol. The van der Waals surface area contributed by atoms with Gasteiger partial charge in [0.1, 0.15) is 0 Å². The van der Waals surface area contributed by atoms with Gasteiger partial charge in [-0.25, -0.2) is 0 Å². The molecule has 17 heavy (non-hydrogen) atoms. The zero-order valence-corrected chi connectivity index (χ0v) is 12.7. The van der Waals surface area contributed by atoms with E-state index >= 15 is 0 Å². The predicted octanol–water partition coefficient (Wildman–Crippen LogP) is 4.89. The van der Waals surface area contributed by atoms with Crippen molar-refractivity contribution in [2.45, 2.75) is 59.5 Å². The maximum absolute atomic E-state index is 5.49. The van der Waals surface area contributed by atoms with E-state index in [4.69, 9.17) is 4.74 Å². The van der Waals surface area contributed by atoms with E-state index in [9.17, 15) is 0 Å². The van der Waals surface area contributed by atoms with E-state index < -0.39 is 0 Å². The summed E-state index contributed by atoms with van der Waals surface area (Å²) in [5, 5.41) is 0. The first kappa shape index (κ1) is 16.2. The van der Waals surface area contributed by atoms with Crippen LogP contribution in [0.3, 0.4) is 0 Å². The third kappa shape index (κ3) is 4.51. The van der Waals surface area contributed by atoms with Gasteiger partial charge in [-0.15, -0.1) is 0 Å². The third-order valence-corrected chi connectivity index (χ3v) is 2.93. The first-order chi connectivity index (χ1) is 7.77. The van der Waals surface area contributed by atoms with Crippen LogP contribution in [-0.2, 0) is 15.8 Å². The quantitative estimate of drug-likeness (QED) is 0.710. The van der Waals surface area contributed by atoms with Gasteiger partial charge in [0.25, 0.3) is 0 Å². The monoisotopic (exact) mass is 236 g/mol. The largest absolute Gasteiger partial charge is 0.374 e. The molecular formula is C16H28O. The molecule has 0 radical (unpaired) electrons. The lowest BCUT2D eigenvalue weighted by atomic mass is 9.84. The Balaban J connectivity index is 0.00000121. The van der Waals surface area contributed by atoms with Crippen molar-refractivity contribution >= 4 is 0 Å². The van der Waals surface area contributed by atoms with Crippen LogP contribution in [0.5, 0.6) is 0 Å². The van der Waals surface area contributed by atoms with E-state index in [1.165, 1.54) is 11.1 Å². The minimum absolute atomic E-state index is 0.194. The summed E-state index contributed by atoms with van der Waals surface area (Å²) in [5.41, 5.74) is 2.57. The fraction of sp³-hybridized carbons (Fsp3) is 0.625. The van der Waals surface area contributed by atoms with Crippen LogP contribution in [0.1, 0.15) is 59.6 Å². The minimum Gasteiger partial charge on any atom is -0.374 e. The molecule has 0 aliphatic carbocycles. The van der Waals surface area contributed by atoms with Gasteiger partial charge in [-0.2, -0.15) is 0 Å². The van der Waals surface area contributed by atoms with Crippen molar-refractivity contribution in [1.29, 1.82) is 0 Å². The van der Waals surface area contributed by atoms with E-state index in [-0.39, 0.29) is 11.0 Å². The molecule has 0 unspecified atom stereocenters. The lowest BCUT2D eigenvalue weighted by Crippen LogP contribution is -2.21. The Bertz CT molecular complexity index is 332. The third-order valence-electron chi connectivity index (χ3n) is 2.93. The molecule has 0 saturated heterocycles. The molecular weight excluding hydrogens is 208 g/mol. The van der Waals surface area contributed by atoms with Gasteiger partial charge in [-0.1, -0.05) is 58.9 Å². The van der Waals surface area contributed by atoms with Crippen molar-refractivity contribution in [2.75, 3.05) is 7.11 Å². The molecule has 0 heterocycles. The van der Waals surface area contributed by atoms with Crippen molar-refractivity contribution in [1.82, 2.24) is 0 Å². The molecule has 0 N–H and O–H groups in total. The van der Waals surface area contributed by atoms with Crippen LogP contribution in [0.15, 0.2) is 24.3 Å². The summed E-state index contributed by atoms with van der Waals surface area (Å²) >= 11 is 0. The molecule has 0 aliphatic heterocycles. The highest BCUT2D eigenvalue weighted by Gasteiger charge is 2.21. The van der Waals surface area contributed by atoms with Crippen LogP contribution >= 0.6 is 0 Å². The van der Waals surface area contributed by atoms with Crippen LogP contribution in [0.2, 0.25) is 0 Å². The maximum Gasteiger partial charge on any atom is 0.0871 e. The van der Waals surface area contributed by atoms with E-state index in [0.29, 0.717) is 0 Å². The molecule has 0 fully saturated rings. The van der Waals surface area contributed by atoms with Crippen molar-refractivity contribution in [3.63, 3.8) is 0 Å². The number of ether oxygens (including phenoxy) is 1. The SMILES string of the molecule is CC.COC(C)(C)c1cccc(C(C)(C)C)c1. The summed E-state index contributed by atoms with van der Waals surface area (Å²) in [7, 11) is 1.75. The molecule has 1 heteroatoms. The summed E-state index contributed by atoms with van der Waals surface area (Å²) in [4.78, 5) is 0. The summed E-state index contributed by atoms with van der Waals surface area (Å²) in [6.07, 6.45) is 0. The normalized spacial score (nSPS) is 11.8. The van der Waals surface area contributed by atoms with Gasteiger partial charge in [0, 0.05) is 7.11 Å². The van der Waals surface area contributed by atoms with Gasteiger partial charge in [-0.05, 0) is 30.4 Å². The molecule has 1 aromatic rings. The molecule has 1 aromatic carbocycles. The average Bonchev–Trinajstić information content (AvgIpc) is 2.31. The number of benzene rings is 1. The standard InChI is InChI=1S/C14H22O.C2H6/c1-13(2,3)11-8-7-9-12(10-11)14(4,5)15-6;1-2/h7-10H,1-6H3;1-2H3. The molecule has 0 atom stereocenters. The van der Waals surface area contributed by atoms with E-state index in [0.717, 1.165) is 0 Å². The molecule has 0 aliphatic rings. The van der Waals surface area contributed by atoms with Crippen LogP contribution < -0.4 is 0 Å². The number of rotatable bonds is 2. The Morgan fingerprint density at radius 1 is 0.882 bits per heavy atom. The van der Waals surface area contributed by atoms with Crippen LogP contribution in [0, 0.1) is 0 Å². The second-order valence-corrected chi connectivity index (χ2v) is 5.55. The Hall–Kier alpha value is -0.820. The maximum atomic E-state index is 5.49. The second kappa shape index (κ2) is 6.20. The second-order valence-electron chi connectivity index (χ2n) is 5.55. The van der Waals surface area contributed by atoms with E-state index in [1.807, 2.05) is 13.8 Å². The number of hydrogen-bond acceptors (Lipinski definition) is 1. The summed E-state index contributed by atoms with van der Waals surface area (Å²) in [6, 6.07) is 8.65. The van der Waals surface area contributed by atoms with Gasteiger partial charge >= 0.3 is 0 Å². The summed E-state index contributed by atoms with van der Waals surface area (Å²) in [6.45, 7) is 14.9. The van der Waals surface area contributed by atoms with Crippen molar-refractivity contribution in [3.05, 3.63) is 35.4 Å². The van der Waals surface area contributed by atoms with Gasteiger partial charge in [0.2, 0.25) is 0 Å². The molecule has 1 rings (SSSR count). The fourth-order valence-corrected chi connectivity index (χ4v) is 1.48. The number of hydrogen-bond donors (Lipinski definition) is 0. The Morgan fingerprint density at radius 3 is 1.76 bits per heavy atom. The molecule has 0 spiro atoms. The molecule has 0 bridgehead atoms. The number of methoxy groups -OCH3 is 1. The Labute approximate surface area is 107 Å². The van der Waals surface area contributed by atoms with Crippen LogP contribution in [-0.4, -0.2) is 7.11 Å². The van der Waals surface area contributed by atoms with Gasteiger partial charge in [0.05, 0.1) is 5.60 Å². The molecule has 0 saturated carbocycles. The van der Waals surface area contributed by atoms with E-state index in [1.54, 1.807) is 7.11 Å². The lowest BCUT2D eigenvalue weighted by Gasteiger charge is -2.26. The Kier molecular flexibility index (Phi) is 5.91. The van der Waals surface area contributed by atoms with Gasteiger partial charge in [0.15, 0.2) is 0 Å². The van der Waals surface area contributed by atoms with Crippen molar-refractivity contribution in [2.24, 2.45) is 0 Å². The Morgan fingerprint density at radius 2 is 1.35 bits per heavy atom. The minimum atomic E-state index is -0.207. The first-order valence-electron chi connectivity index (χ1n) is 6.43. The van der Waals surface area contributed by atoms with Gasteiger partial charge in [-0.3, -0.25) is 0 Å². The summed E-state index contributed by atoms with van der Waals surface area (Å²) in [5.74, 6) is 0.